The maximum atomic E-state index is 10.2. The molecule has 1 aromatic rings. The first-order valence-corrected chi connectivity index (χ1v) is 6.25. The highest BCUT2D eigenvalue weighted by Crippen LogP contribution is 2.11. The summed E-state index contributed by atoms with van der Waals surface area (Å²) < 4.78 is 0. The Labute approximate surface area is 104 Å². The number of benzene rings is 1. The van der Waals surface area contributed by atoms with Crippen molar-refractivity contribution in [2.24, 2.45) is 0 Å². The quantitative estimate of drug-likeness (QED) is 0.449. The first-order chi connectivity index (χ1) is 7.70. The molecule has 0 N–H and O–H groups in total. The van der Waals surface area contributed by atoms with Gasteiger partial charge >= 0.3 is 0 Å². The molecule has 0 bridgehead atoms. The molecule has 0 aliphatic heterocycles. The molecule has 1 aromatic carbocycles. The van der Waals surface area contributed by atoms with Crippen LogP contribution >= 0.6 is 12.6 Å². The highest BCUT2D eigenvalue weighted by atomic mass is 32.1. The average molecular weight is 245 g/mol. The van der Waals surface area contributed by atoms with E-state index < -0.39 is 4.92 Å². The van der Waals surface area contributed by atoms with E-state index in [0.29, 0.717) is 0 Å². The van der Waals surface area contributed by atoms with Gasteiger partial charge in [-0.1, -0.05) is 39.8 Å². The molecular formula is C12H23NO2S. The van der Waals surface area contributed by atoms with Gasteiger partial charge in [0, 0.05) is 12.1 Å². The second-order valence-electron chi connectivity index (χ2n) is 2.10. The average Bonchev–Trinajstić information content (AvgIpc) is 2.36. The van der Waals surface area contributed by atoms with Crippen LogP contribution in [-0.2, 0) is 0 Å². The predicted octanol–water partition coefficient (Wildman–Crippen LogP) is 4.50. The van der Waals surface area contributed by atoms with Crippen LogP contribution < -0.4 is 0 Å². The molecule has 0 radical (unpaired) electrons. The summed E-state index contributed by atoms with van der Waals surface area (Å²) in [5.41, 5.74) is 1.06. The molecule has 16 heavy (non-hydrogen) atoms. The van der Waals surface area contributed by atoms with E-state index in [0.717, 1.165) is 5.56 Å². The molecule has 4 heteroatoms. The third kappa shape index (κ3) is 11.0. The first kappa shape index (κ1) is 20.4. The number of aryl methyl sites for hydroxylation is 1. The van der Waals surface area contributed by atoms with Crippen LogP contribution in [0.2, 0.25) is 0 Å². The molecule has 0 fully saturated rings. The molecule has 0 spiro atoms. The highest BCUT2D eigenvalue weighted by molar-refractivity contribution is 7.79. The highest BCUT2D eigenvalue weighted by Gasteiger charge is 2.01. The molecule has 94 valence electrons. The van der Waals surface area contributed by atoms with E-state index in [1.54, 1.807) is 18.4 Å². The largest absolute Gasteiger partial charge is 0.269 e. The van der Waals surface area contributed by atoms with Crippen LogP contribution in [0, 0.1) is 17.0 Å². The molecule has 0 aliphatic rings. The lowest BCUT2D eigenvalue weighted by Crippen LogP contribution is -1.86. The van der Waals surface area contributed by atoms with Gasteiger partial charge in [-0.25, -0.2) is 0 Å². The van der Waals surface area contributed by atoms with Crippen molar-refractivity contribution in [3.8, 4) is 0 Å². The fourth-order valence-corrected chi connectivity index (χ4v) is 0.742. The number of nitro groups is 1. The molecule has 0 amide bonds. The summed E-state index contributed by atoms with van der Waals surface area (Å²) in [5.74, 6) is 0. The van der Waals surface area contributed by atoms with Crippen LogP contribution in [0.4, 0.5) is 5.69 Å². The second kappa shape index (κ2) is 16.4. The fraction of sp³-hybridized carbons (Fsp3) is 0.500. The standard InChI is InChI=1S/C7H7NO2.2C2H6.CH4S/c1-6-3-2-4-7(5-6)8(9)10;3*1-2/h2-5H,1H3;2*1-2H3;2H,1H3. The minimum absolute atomic E-state index is 0.153. The van der Waals surface area contributed by atoms with Gasteiger partial charge in [-0.2, -0.15) is 12.6 Å². The van der Waals surface area contributed by atoms with Crippen molar-refractivity contribution in [2.75, 3.05) is 6.26 Å². The van der Waals surface area contributed by atoms with Crippen molar-refractivity contribution >= 4 is 18.3 Å². The lowest BCUT2D eigenvalue weighted by atomic mass is 10.2. The lowest BCUT2D eigenvalue weighted by Gasteiger charge is -1.90. The lowest BCUT2D eigenvalue weighted by molar-refractivity contribution is -0.384. The van der Waals surface area contributed by atoms with Crippen LogP contribution in [0.1, 0.15) is 33.3 Å². The van der Waals surface area contributed by atoms with Gasteiger partial charge in [-0.05, 0) is 18.7 Å². The number of rotatable bonds is 1. The van der Waals surface area contributed by atoms with Gasteiger partial charge in [0.2, 0.25) is 0 Å². The van der Waals surface area contributed by atoms with E-state index in [-0.39, 0.29) is 5.69 Å². The molecule has 0 unspecified atom stereocenters. The van der Waals surface area contributed by atoms with E-state index in [2.05, 4.69) is 12.6 Å². The molecule has 0 aromatic heterocycles. The maximum Gasteiger partial charge on any atom is 0.269 e. The SMILES string of the molecule is CC.CC.CS.Cc1cccc([N+](=O)[O-])c1. The Morgan fingerprint density at radius 1 is 1.12 bits per heavy atom. The number of thiol groups is 1. The van der Waals surface area contributed by atoms with Crippen molar-refractivity contribution < 1.29 is 4.92 Å². The van der Waals surface area contributed by atoms with Crippen LogP contribution in [0.15, 0.2) is 24.3 Å². The Morgan fingerprint density at radius 3 is 1.81 bits per heavy atom. The van der Waals surface area contributed by atoms with Crippen LogP contribution in [0.5, 0.6) is 0 Å². The smallest absolute Gasteiger partial charge is 0.258 e. The van der Waals surface area contributed by atoms with Crippen LogP contribution in [-0.4, -0.2) is 11.2 Å². The number of hydrogen-bond donors (Lipinski definition) is 1. The number of nitrogens with zero attached hydrogens (tertiary/aromatic N) is 1. The Morgan fingerprint density at radius 2 is 1.56 bits per heavy atom. The monoisotopic (exact) mass is 245 g/mol. The van der Waals surface area contributed by atoms with Gasteiger partial charge < -0.3 is 0 Å². The summed E-state index contributed by atoms with van der Waals surface area (Å²) >= 11 is 3.53. The summed E-state index contributed by atoms with van der Waals surface area (Å²) in [5, 5.41) is 10.2. The van der Waals surface area contributed by atoms with Crippen molar-refractivity contribution in [2.45, 2.75) is 34.6 Å². The van der Waals surface area contributed by atoms with Crippen molar-refractivity contribution in [1.82, 2.24) is 0 Å². The van der Waals surface area contributed by atoms with Gasteiger partial charge in [0.05, 0.1) is 4.92 Å². The molecule has 0 saturated heterocycles. The topological polar surface area (TPSA) is 43.1 Å². The fourth-order valence-electron chi connectivity index (χ4n) is 0.742. The maximum absolute atomic E-state index is 10.2. The Balaban J connectivity index is -0.000000245. The summed E-state index contributed by atoms with van der Waals surface area (Å²) in [6.45, 7) is 9.83. The molecule has 0 aliphatic carbocycles. The number of nitro benzene ring substituents is 1. The third-order valence-corrected chi connectivity index (χ3v) is 1.21. The minimum Gasteiger partial charge on any atom is -0.258 e. The van der Waals surface area contributed by atoms with Crippen LogP contribution in [0.3, 0.4) is 0 Å². The zero-order valence-electron chi connectivity index (χ0n) is 11.0. The predicted molar refractivity (Wildman–Crippen MR) is 75.4 cm³/mol. The zero-order chi connectivity index (χ0) is 13.6. The molecule has 0 heterocycles. The molecule has 3 nitrogen and oxygen atoms in total. The van der Waals surface area contributed by atoms with E-state index in [1.807, 2.05) is 40.7 Å². The summed E-state index contributed by atoms with van der Waals surface area (Å²) in [6.07, 6.45) is 1.69. The van der Waals surface area contributed by atoms with Gasteiger partial charge in [-0.15, -0.1) is 0 Å². The van der Waals surface area contributed by atoms with Crippen molar-refractivity contribution in [3.63, 3.8) is 0 Å². The molecular weight excluding hydrogens is 222 g/mol. The molecule has 0 atom stereocenters. The van der Waals surface area contributed by atoms with Gasteiger partial charge in [-0.3, -0.25) is 10.1 Å². The summed E-state index contributed by atoms with van der Waals surface area (Å²) in [4.78, 5) is 9.76. The molecule has 1 rings (SSSR count). The van der Waals surface area contributed by atoms with Crippen molar-refractivity contribution in [1.29, 1.82) is 0 Å². The summed E-state index contributed by atoms with van der Waals surface area (Å²) in [6, 6.07) is 6.52. The Kier molecular flexibility index (Phi) is 20.9. The zero-order valence-corrected chi connectivity index (χ0v) is 11.9. The third-order valence-electron chi connectivity index (χ3n) is 1.21. The first-order valence-electron chi connectivity index (χ1n) is 5.36. The minimum atomic E-state index is -0.396. The van der Waals surface area contributed by atoms with Crippen molar-refractivity contribution in [3.05, 3.63) is 39.9 Å². The van der Waals surface area contributed by atoms with Gasteiger partial charge in [0.25, 0.3) is 5.69 Å². The number of non-ortho nitro benzene ring substituents is 1. The van der Waals surface area contributed by atoms with E-state index in [4.69, 9.17) is 0 Å². The Hall–Kier alpha value is -1.03. The van der Waals surface area contributed by atoms with Gasteiger partial charge in [0.1, 0.15) is 0 Å². The van der Waals surface area contributed by atoms with Crippen LogP contribution in [0.25, 0.3) is 0 Å². The van der Waals surface area contributed by atoms with E-state index in [9.17, 15) is 10.1 Å². The van der Waals surface area contributed by atoms with E-state index in [1.165, 1.54) is 6.07 Å². The normalized spacial score (nSPS) is 6.94. The second-order valence-corrected chi connectivity index (χ2v) is 2.10. The summed E-state index contributed by atoms with van der Waals surface area (Å²) in [7, 11) is 0. The Bertz CT molecular complexity index is 265. The number of hydrogen-bond acceptors (Lipinski definition) is 3. The molecule has 0 saturated carbocycles. The van der Waals surface area contributed by atoms with Gasteiger partial charge in [0.15, 0.2) is 0 Å². The van der Waals surface area contributed by atoms with E-state index >= 15 is 0 Å².